The van der Waals surface area contributed by atoms with Gasteiger partial charge in [-0.2, -0.15) is 13.2 Å². The number of fused-ring (bicyclic) bond motifs is 2. The van der Waals surface area contributed by atoms with Crippen molar-refractivity contribution in [2.24, 2.45) is 0 Å². The number of aromatic nitrogens is 4. The molecule has 34 heavy (non-hydrogen) atoms. The molecule has 3 aromatic rings. The zero-order valence-corrected chi connectivity index (χ0v) is 18.8. The van der Waals surface area contributed by atoms with Crippen molar-refractivity contribution in [3.8, 4) is 11.4 Å². The number of anilines is 1. The van der Waals surface area contributed by atoms with E-state index in [0.717, 1.165) is 25.1 Å². The summed E-state index contributed by atoms with van der Waals surface area (Å²) in [6, 6.07) is 5.79. The van der Waals surface area contributed by atoms with E-state index < -0.39 is 11.7 Å². The minimum atomic E-state index is -4.52. The summed E-state index contributed by atoms with van der Waals surface area (Å²) in [7, 11) is 0. The second-order valence-electron chi connectivity index (χ2n) is 8.47. The Labute approximate surface area is 198 Å². The van der Waals surface area contributed by atoms with Crippen LogP contribution in [0.4, 0.5) is 19.0 Å². The predicted octanol–water partition coefficient (Wildman–Crippen LogP) is 4.77. The van der Waals surface area contributed by atoms with Gasteiger partial charge < -0.3 is 10.2 Å². The number of rotatable bonds is 4. The van der Waals surface area contributed by atoms with E-state index in [9.17, 15) is 18.0 Å². The molecule has 7 nitrogen and oxygen atoms in total. The Kier molecular flexibility index (Phi) is 5.63. The summed E-state index contributed by atoms with van der Waals surface area (Å²) < 4.78 is 38.8. The topological polar surface area (TPSA) is 83.9 Å². The fraction of sp³-hybridized carbons (Fsp3) is 0.348. The van der Waals surface area contributed by atoms with Crippen LogP contribution in [0.2, 0.25) is 5.02 Å². The van der Waals surface area contributed by atoms with Crippen molar-refractivity contribution >= 4 is 23.3 Å². The van der Waals surface area contributed by atoms with Crippen molar-refractivity contribution in [1.82, 2.24) is 24.8 Å². The summed E-state index contributed by atoms with van der Waals surface area (Å²) in [6.45, 7) is 1.81. The quantitative estimate of drug-likeness (QED) is 0.569. The van der Waals surface area contributed by atoms with E-state index in [1.807, 2.05) is 17.9 Å². The Bertz CT molecular complexity index is 1240. The number of pyridine rings is 2. The zero-order chi connectivity index (χ0) is 24.0. The van der Waals surface area contributed by atoms with Crippen molar-refractivity contribution < 1.29 is 18.0 Å². The normalized spacial score (nSPS) is 21.7. The lowest BCUT2D eigenvalue weighted by atomic mass is 9.95. The molecule has 2 fully saturated rings. The molecule has 2 bridgehead atoms. The lowest BCUT2D eigenvalue weighted by Crippen LogP contribution is -2.40. The van der Waals surface area contributed by atoms with Crippen molar-refractivity contribution in [2.45, 2.75) is 50.5 Å². The molecule has 3 atom stereocenters. The second kappa shape index (κ2) is 8.50. The fourth-order valence-corrected chi connectivity index (χ4v) is 5.02. The molecule has 2 saturated heterocycles. The second-order valence-corrected chi connectivity index (χ2v) is 8.88. The van der Waals surface area contributed by atoms with Crippen LogP contribution >= 0.6 is 11.6 Å². The average molecular weight is 489 g/mol. The molecule has 0 spiro atoms. The maximum absolute atomic E-state index is 13.7. The highest BCUT2D eigenvalue weighted by Crippen LogP contribution is 2.41. The molecule has 176 valence electrons. The van der Waals surface area contributed by atoms with Gasteiger partial charge in [0.15, 0.2) is 5.82 Å². The van der Waals surface area contributed by atoms with Gasteiger partial charge in [0.1, 0.15) is 11.5 Å². The third-order valence-corrected chi connectivity index (χ3v) is 6.59. The first-order chi connectivity index (χ1) is 16.2. The highest BCUT2D eigenvalue weighted by Gasteiger charge is 2.49. The van der Waals surface area contributed by atoms with Gasteiger partial charge in [-0.25, -0.2) is 19.9 Å². The number of hydrogen-bond acceptors (Lipinski definition) is 6. The Morgan fingerprint density at radius 1 is 1.18 bits per heavy atom. The molecule has 2 aliphatic rings. The number of nitrogens with one attached hydrogen (secondary N) is 1. The SMILES string of the molecule is Cc1ccc(-c2ncccn2)c(C(=O)N2[C@@H]3CC[C@H]2[C@H](Nc2ncc(C(F)(F)F)cc2Cl)C3)n1. The highest BCUT2D eigenvalue weighted by atomic mass is 35.5. The number of amides is 1. The molecule has 11 heteroatoms. The average Bonchev–Trinajstić information content (AvgIpc) is 3.37. The van der Waals surface area contributed by atoms with E-state index in [1.54, 1.807) is 24.5 Å². The van der Waals surface area contributed by atoms with Crippen LogP contribution in [-0.4, -0.2) is 48.9 Å². The van der Waals surface area contributed by atoms with Gasteiger partial charge in [-0.1, -0.05) is 11.6 Å². The molecule has 0 unspecified atom stereocenters. The largest absolute Gasteiger partial charge is 0.417 e. The van der Waals surface area contributed by atoms with Crippen molar-refractivity contribution in [2.75, 3.05) is 5.32 Å². The van der Waals surface area contributed by atoms with Crippen molar-refractivity contribution in [1.29, 1.82) is 0 Å². The molecule has 2 aliphatic heterocycles. The standard InChI is InChI=1S/C23H20ClF3N6O/c1-12-3-5-15(20-28-7-2-8-29-20)19(31-12)22(34)33-14-4-6-18(33)17(10-14)32-21-16(24)9-13(11-30-21)23(25,26)27/h2-3,5,7-9,11,14,17-18H,4,6,10H2,1H3,(H,30,32)/t14-,17-,18+/m1/s1. The molecule has 0 saturated carbocycles. The highest BCUT2D eigenvalue weighted by molar-refractivity contribution is 6.33. The van der Waals surface area contributed by atoms with E-state index in [0.29, 0.717) is 23.5 Å². The third kappa shape index (κ3) is 4.06. The maximum Gasteiger partial charge on any atom is 0.417 e. The Morgan fingerprint density at radius 3 is 2.65 bits per heavy atom. The minimum Gasteiger partial charge on any atom is -0.364 e. The van der Waals surface area contributed by atoms with Crippen molar-refractivity contribution in [3.05, 3.63) is 64.8 Å². The molecular weight excluding hydrogens is 469 g/mol. The number of hydrogen-bond donors (Lipinski definition) is 1. The summed E-state index contributed by atoms with van der Waals surface area (Å²) in [5, 5.41) is 3.05. The third-order valence-electron chi connectivity index (χ3n) is 6.31. The van der Waals surface area contributed by atoms with Gasteiger partial charge in [0.2, 0.25) is 0 Å². The summed E-state index contributed by atoms with van der Waals surface area (Å²) in [6.07, 6.45) is 1.69. The molecule has 5 heterocycles. The molecule has 1 amide bonds. The van der Waals surface area contributed by atoms with Gasteiger partial charge in [-0.3, -0.25) is 4.79 Å². The van der Waals surface area contributed by atoms with Crippen LogP contribution in [0.5, 0.6) is 0 Å². The number of nitrogens with zero attached hydrogens (tertiary/aromatic N) is 5. The van der Waals surface area contributed by atoms with Crippen LogP contribution in [0.15, 0.2) is 42.9 Å². The first-order valence-electron chi connectivity index (χ1n) is 10.8. The van der Waals surface area contributed by atoms with Crippen LogP contribution in [0.3, 0.4) is 0 Å². The van der Waals surface area contributed by atoms with Crippen LogP contribution in [-0.2, 0) is 6.18 Å². The molecule has 0 aromatic carbocycles. The van der Waals surface area contributed by atoms with Gasteiger partial charge in [-0.05, 0) is 50.5 Å². The van der Waals surface area contributed by atoms with Gasteiger partial charge in [0, 0.05) is 36.4 Å². The van der Waals surface area contributed by atoms with Crippen molar-refractivity contribution in [3.63, 3.8) is 0 Å². The minimum absolute atomic E-state index is 0.0184. The molecule has 1 N–H and O–H groups in total. The number of aryl methyl sites for hydroxylation is 1. The van der Waals surface area contributed by atoms with E-state index >= 15 is 0 Å². The summed E-state index contributed by atoms with van der Waals surface area (Å²) in [5.41, 5.74) is 0.632. The molecule has 3 aromatic heterocycles. The van der Waals surface area contributed by atoms with Gasteiger partial charge in [0.25, 0.3) is 5.91 Å². The van der Waals surface area contributed by atoms with Gasteiger partial charge in [0.05, 0.1) is 22.2 Å². The molecule has 0 aliphatic carbocycles. The fourth-order valence-electron chi connectivity index (χ4n) is 4.80. The number of carbonyl (C=O) groups excluding carboxylic acids is 1. The summed E-state index contributed by atoms with van der Waals surface area (Å²) >= 11 is 6.09. The number of alkyl halides is 3. The summed E-state index contributed by atoms with van der Waals surface area (Å²) in [5.74, 6) is 0.376. The zero-order valence-electron chi connectivity index (χ0n) is 18.1. The smallest absolute Gasteiger partial charge is 0.364 e. The lowest BCUT2D eigenvalue weighted by molar-refractivity contribution is -0.137. The van der Waals surface area contributed by atoms with Crippen LogP contribution in [0.25, 0.3) is 11.4 Å². The lowest BCUT2D eigenvalue weighted by Gasteiger charge is -2.26. The van der Waals surface area contributed by atoms with Gasteiger partial charge in [-0.15, -0.1) is 0 Å². The van der Waals surface area contributed by atoms with E-state index in [1.165, 1.54) is 0 Å². The molecular formula is C23H20ClF3N6O. The van der Waals surface area contributed by atoms with Crippen LogP contribution in [0.1, 0.15) is 41.0 Å². The monoisotopic (exact) mass is 488 g/mol. The first-order valence-corrected chi connectivity index (χ1v) is 11.2. The van der Waals surface area contributed by atoms with E-state index in [-0.39, 0.29) is 40.6 Å². The Balaban J connectivity index is 1.40. The van der Waals surface area contributed by atoms with E-state index in [4.69, 9.17) is 11.6 Å². The first kappa shape index (κ1) is 22.5. The van der Waals surface area contributed by atoms with Crippen LogP contribution < -0.4 is 5.32 Å². The number of halogens is 4. The van der Waals surface area contributed by atoms with E-state index in [2.05, 4.69) is 25.3 Å². The number of carbonyl (C=O) groups is 1. The Morgan fingerprint density at radius 2 is 1.94 bits per heavy atom. The van der Waals surface area contributed by atoms with Gasteiger partial charge >= 0.3 is 6.18 Å². The molecule has 0 radical (unpaired) electrons. The molecule has 5 rings (SSSR count). The maximum atomic E-state index is 13.7. The summed E-state index contributed by atoms with van der Waals surface area (Å²) in [4.78, 5) is 32.5. The predicted molar refractivity (Wildman–Crippen MR) is 119 cm³/mol. The Hall–Kier alpha value is -3.27. The van der Waals surface area contributed by atoms with Crippen LogP contribution in [0, 0.1) is 6.92 Å².